The number of benzene rings is 3. The maximum Gasteiger partial charge on any atom is 0.251 e. The molecule has 4 rings (SSSR count). The van der Waals surface area contributed by atoms with Gasteiger partial charge in [0.15, 0.2) is 0 Å². The highest BCUT2D eigenvalue weighted by molar-refractivity contribution is 5.98. The number of fused-ring (bicyclic) bond motifs is 1. The Morgan fingerprint density at radius 3 is 2.65 bits per heavy atom. The third kappa shape index (κ3) is 3.74. The first-order valence-electron chi connectivity index (χ1n) is 9.83. The average Bonchev–Trinajstić information content (AvgIpc) is 3.18. The summed E-state index contributed by atoms with van der Waals surface area (Å²) in [5.41, 5.74) is 4.09. The molecule has 1 amide bonds. The Bertz CT molecular complexity index is 1300. The van der Waals surface area contributed by atoms with Gasteiger partial charge in [0.1, 0.15) is 23.1 Å². The molecule has 0 aliphatic rings. The van der Waals surface area contributed by atoms with E-state index in [9.17, 15) is 13.6 Å². The van der Waals surface area contributed by atoms with Crippen LogP contribution in [0.3, 0.4) is 0 Å². The molecule has 0 atom stereocenters. The summed E-state index contributed by atoms with van der Waals surface area (Å²) in [5.74, 6) is -0.784. The normalized spacial score (nSPS) is 11.0. The molecule has 0 saturated heterocycles. The molecule has 2 N–H and O–H groups in total. The number of aromatic amines is 1. The Balaban J connectivity index is 1.81. The van der Waals surface area contributed by atoms with E-state index in [0.29, 0.717) is 34.7 Å². The fraction of sp³-hybridized carbons (Fsp3) is 0.167. The highest BCUT2D eigenvalue weighted by Gasteiger charge is 2.17. The van der Waals surface area contributed by atoms with Crippen LogP contribution in [0.1, 0.15) is 22.8 Å². The Kier molecular flexibility index (Phi) is 5.42. The number of carbonyl (C=O) groups excluding carboxylic acids is 1. The van der Waals surface area contributed by atoms with Gasteiger partial charge in [-0.3, -0.25) is 9.89 Å². The molecule has 0 bridgehead atoms. The topological polar surface area (TPSA) is 67.0 Å². The summed E-state index contributed by atoms with van der Waals surface area (Å²) in [7, 11) is 1.48. The summed E-state index contributed by atoms with van der Waals surface area (Å²) < 4.78 is 33.4. The van der Waals surface area contributed by atoms with Gasteiger partial charge in [0.25, 0.3) is 5.91 Å². The van der Waals surface area contributed by atoms with E-state index in [2.05, 4.69) is 15.5 Å². The first-order chi connectivity index (χ1) is 14.9. The zero-order valence-corrected chi connectivity index (χ0v) is 17.3. The Labute approximate surface area is 178 Å². The number of aromatic nitrogens is 2. The van der Waals surface area contributed by atoms with Crippen molar-refractivity contribution in [2.24, 2.45) is 0 Å². The number of rotatable bonds is 5. The van der Waals surface area contributed by atoms with Crippen molar-refractivity contribution >= 4 is 16.8 Å². The minimum Gasteiger partial charge on any atom is -0.496 e. The first-order valence-corrected chi connectivity index (χ1v) is 9.83. The predicted octanol–water partition coefficient (Wildman–Crippen LogP) is 5.24. The molecule has 31 heavy (non-hydrogen) atoms. The molecule has 3 aromatic carbocycles. The van der Waals surface area contributed by atoms with Crippen LogP contribution < -0.4 is 10.1 Å². The van der Waals surface area contributed by atoms with Crippen molar-refractivity contribution in [3.63, 3.8) is 0 Å². The van der Waals surface area contributed by atoms with Crippen LogP contribution in [0.15, 0.2) is 48.5 Å². The molecule has 1 heterocycles. The van der Waals surface area contributed by atoms with Crippen molar-refractivity contribution in [3.8, 4) is 28.1 Å². The van der Waals surface area contributed by atoms with E-state index in [1.807, 2.05) is 25.1 Å². The Morgan fingerprint density at radius 2 is 1.90 bits per heavy atom. The van der Waals surface area contributed by atoms with Crippen molar-refractivity contribution < 1.29 is 18.3 Å². The molecule has 0 aliphatic carbocycles. The van der Waals surface area contributed by atoms with Gasteiger partial charge in [-0.2, -0.15) is 5.10 Å². The largest absolute Gasteiger partial charge is 0.496 e. The summed E-state index contributed by atoms with van der Waals surface area (Å²) in [6, 6.07) is 12.8. The van der Waals surface area contributed by atoms with Crippen molar-refractivity contribution in [3.05, 3.63) is 71.3 Å². The number of carbonyl (C=O) groups is 1. The molecule has 0 radical (unpaired) electrons. The fourth-order valence-corrected chi connectivity index (χ4v) is 3.63. The third-order valence-electron chi connectivity index (χ3n) is 5.24. The van der Waals surface area contributed by atoms with Crippen LogP contribution in [0.4, 0.5) is 8.78 Å². The smallest absolute Gasteiger partial charge is 0.251 e. The number of methoxy groups -OCH3 is 1. The van der Waals surface area contributed by atoms with Crippen LogP contribution in [0.25, 0.3) is 33.3 Å². The second kappa shape index (κ2) is 8.18. The van der Waals surface area contributed by atoms with Crippen molar-refractivity contribution in [1.29, 1.82) is 0 Å². The number of H-pyrrole nitrogens is 1. The lowest BCUT2D eigenvalue weighted by Crippen LogP contribution is -2.22. The van der Waals surface area contributed by atoms with Crippen LogP contribution in [-0.2, 0) is 0 Å². The van der Waals surface area contributed by atoms with E-state index in [1.165, 1.54) is 25.3 Å². The van der Waals surface area contributed by atoms with E-state index in [-0.39, 0.29) is 11.5 Å². The van der Waals surface area contributed by atoms with Crippen LogP contribution in [0.2, 0.25) is 0 Å². The second-order valence-corrected chi connectivity index (χ2v) is 7.17. The van der Waals surface area contributed by atoms with Crippen molar-refractivity contribution in [2.75, 3.05) is 13.7 Å². The van der Waals surface area contributed by atoms with E-state index < -0.39 is 11.6 Å². The number of amides is 1. The van der Waals surface area contributed by atoms with Gasteiger partial charge in [-0.05, 0) is 66.9 Å². The van der Waals surface area contributed by atoms with E-state index >= 15 is 0 Å². The molecular weight excluding hydrogens is 400 g/mol. The van der Waals surface area contributed by atoms with Crippen molar-refractivity contribution in [2.45, 2.75) is 13.8 Å². The molecule has 0 aliphatic heterocycles. The number of nitrogens with zero attached hydrogens (tertiary/aromatic N) is 1. The van der Waals surface area contributed by atoms with Crippen LogP contribution in [0, 0.1) is 18.6 Å². The molecule has 0 spiro atoms. The van der Waals surface area contributed by atoms with Gasteiger partial charge in [-0.1, -0.05) is 6.07 Å². The minimum atomic E-state index is -0.444. The van der Waals surface area contributed by atoms with Gasteiger partial charge in [0.05, 0.1) is 12.6 Å². The van der Waals surface area contributed by atoms with Gasteiger partial charge in [0.2, 0.25) is 0 Å². The monoisotopic (exact) mass is 421 g/mol. The zero-order chi connectivity index (χ0) is 22.1. The van der Waals surface area contributed by atoms with Gasteiger partial charge in [-0.25, -0.2) is 8.78 Å². The average molecular weight is 421 g/mol. The zero-order valence-electron chi connectivity index (χ0n) is 17.3. The first kappa shape index (κ1) is 20.5. The predicted molar refractivity (Wildman–Crippen MR) is 116 cm³/mol. The number of hydrogen-bond donors (Lipinski definition) is 2. The van der Waals surface area contributed by atoms with E-state index in [4.69, 9.17) is 4.74 Å². The lowest BCUT2D eigenvalue weighted by Gasteiger charge is -2.11. The Hall–Kier alpha value is -3.74. The Morgan fingerprint density at radius 1 is 1.10 bits per heavy atom. The van der Waals surface area contributed by atoms with Crippen LogP contribution in [0.5, 0.6) is 5.75 Å². The molecule has 158 valence electrons. The van der Waals surface area contributed by atoms with E-state index in [0.717, 1.165) is 16.5 Å². The highest BCUT2D eigenvalue weighted by atomic mass is 19.1. The molecule has 7 heteroatoms. The maximum absolute atomic E-state index is 14.5. The number of nitrogens with one attached hydrogen (secondary N) is 2. The lowest BCUT2D eigenvalue weighted by molar-refractivity contribution is 0.0955. The molecule has 5 nitrogen and oxygen atoms in total. The molecule has 1 aromatic heterocycles. The van der Waals surface area contributed by atoms with Crippen LogP contribution in [-0.4, -0.2) is 29.8 Å². The fourth-order valence-electron chi connectivity index (χ4n) is 3.63. The highest BCUT2D eigenvalue weighted by Crippen LogP contribution is 2.36. The molecule has 4 aromatic rings. The second-order valence-electron chi connectivity index (χ2n) is 7.17. The summed E-state index contributed by atoms with van der Waals surface area (Å²) in [6.07, 6.45) is 0. The summed E-state index contributed by atoms with van der Waals surface area (Å²) >= 11 is 0. The summed E-state index contributed by atoms with van der Waals surface area (Å²) in [5, 5.41) is 10.9. The number of hydrogen-bond acceptors (Lipinski definition) is 3. The van der Waals surface area contributed by atoms with Gasteiger partial charge < -0.3 is 10.1 Å². The quantitative estimate of drug-likeness (QED) is 0.463. The summed E-state index contributed by atoms with van der Waals surface area (Å²) in [6.45, 7) is 3.95. The number of ether oxygens (including phenoxy) is 1. The summed E-state index contributed by atoms with van der Waals surface area (Å²) in [4.78, 5) is 12.2. The minimum absolute atomic E-state index is 0.265. The third-order valence-corrected chi connectivity index (χ3v) is 5.24. The lowest BCUT2D eigenvalue weighted by atomic mass is 9.96. The molecule has 0 unspecified atom stereocenters. The SMILES string of the molecule is CCNC(=O)c1cc(F)c(C)c(-c2ccc3c(-c4ccc(F)cc4OC)n[nH]c3c2)c1. The molecule has 0 fully saturated rings. The maximum atomic E-state index is 14.5. The van der Waals surface area contributed by atoms with Gasteiger partial charge in [0, 0.05) is 29.1 Å². The van der Waals surface area contributed by atoms with Crippen molar-refractivity contribution in [1.82, 2.24) is 15.5 Å². The van der Waals surface area contributed by atoms with Gasteiger partial charge >= 0.3 is 0 Å². The van der Waals surface area contributed by atoms with E-state index in [1.54, 1.807) is 19.1 Å². The standard InChI is InChI=1S/C24H21F2N3O2/c1-4-27-24(30)15-9-19(13(2)20(26)10-15)14-5-7-17-21(11-14)28-29-23(17)18-8-6-16(25)12-22(18)31-3/h5-12H,4H2,1-3H3,(H,27,30)(H,28,29). The molecular formula is C24H21F2N3O2. The number of halogens is 2. The van der Waals surface area contributed by atoms with Crippen LogP contribution >= 0.6 is 0 Å². The van der Waals surface area contributed by atoms with Gasteiger partial charge in [-0.15, -0.1) is 0 Å². The molecule has 0 saturated carbocycles.